The molecule has 0 aliphatic heterocycles. The van der Waals surface area contributed by atoms with Gasteiger partial charge >= 0.3 is 56.3 Å². The van der Waals surface area contributed by atoms with E-state index in [4.69, 9.17) is 5.11 Å². The minimum absolute atomic E-state index is 0. The first-order valence-electron chi connectivity index (χ1n) is 1.09. The SMILES string of the molecule is C[CH](O)[Ta].[AlH3].[LiH]. The standard InChI is InChI=1S/C2H5O.Al.Li.Ta.4H/c1-2-3;;;;;;;/h2-3H,1H3;;;;;;;. The summed E-state index contributed by atoms with van der Waals surface area (Å²) in [7, 11) is 0. The Bertz CT molecular complexity index is 18.3. The van der Waals surface area contributed by atoms with Gasteiger partial charge in [-0.15, -0.1) is 0 Å². The number of rotatable bonds is 0. The van der Waals surface area contributed by atoms with Crippen LogP contribution in [0.3, 0.4) is 0 Å². The van der Waals surface area contributed by atoms with Crippen molar-refractivity contribution in [2.24, 2.45) is 0 Å². The average molecular weight is 264 g/mol. The summed E-state index contributed by atoms with van der Waals surface area (Å²) in [6.45, 7) is 1.77. The van der Waals surface area contributed by atoms with Gasteiger partial charge in [-0.05, 0) is 0 Å². The van der Waals surface area contributed by atoms with Crippen LogP contribution in [0.1, 0.15) is 6.92 Å². The van der Waals surface area contributed by atoms with Crippen molar-refractivity contribution >= 4 is 36.2 Å². The molecule has 0 radical (unpaired) electrons. The van der Waals surface area contributed by atoms with Crippen molar-refractivity contribution < 1.29 is 26.2 Å². The number of aliphatic hydroxyl groups is 1. The fourth-order valence-corrected chi connectivity index (χ4v) is 0. The number of aliphatic hydroxyl groups excluding tert-OH is 1. The number of hydrogen-bond donors (Lipinski definition) is 1. The van der Waals surface area contributed by atoms with Crippen LogP contribution < -0.4 is 0 Å². The third-order valence-corrected chi connectivity index (χ3v) is 0. The quantitative estimate of drug-likeness (QED) is 0.504. The summed E-state index contributed by atoms with van der Waals surface area (Å²) in [6, 6.07) is 0. The van der Waals surface area contributed by atoms with Gasteiger partial charge in [-0.25, -0.2) is 0 Å². The van der Waals surface area contributed by atoms with Crippen molar-refractivity contribution in [3.63, 3.8) is 0 Å². The summed E-state index contributed by atoms with van der Waals surface area (Å²) in [5, 5.41) is 8.10. The molecule has 0 aromatic rings. The maximum atomic E-state index is 8.10. The summed E-state index contributed by atoms with van der Waals surface area (Å²) in [4.78, 5) is 0. The predicted molar refractivity (Wildman–Crippen MR) is 28.8 cm³/mol. The maximum absolute atomic E-state index is 8.10. The minimum atomic E-state index is -0.0556. The molecule has 32 valence electrons. The molecule has 0 saturated heterocycles. The van der Waals surface area contributed by atoms with Gasteiger partial charge in [0.2, 0.25) is 0 Å². The molecule has 1 atom stereocenters. The normalized spacial score (nSPS) is 10.3. The Morgan fingerprint density at radius 3 is 1.67 bits per heavy atom. The third kappa shape index (κ3) is 40.6. The van der Waals surface area contributed by atoms with Crippen molar-refractivity contribution in [2.45, 2.75) is 11.2 Å². The first kappa shape index (κ1) is 15.7. The summed E-state index contributed by atoms with van der Waals surface area (Å²) in [5.41, 5.74) is 0. The predicted octanol–water partition coefficient (Wildman–Crippen LogP) is -1.96. The molecule has 0 spiro atoms. The van der Waals surface area contributed by atoms with Gasteiger partial charge in [-0.2, -0.15) is 0 Å². The topological polar surface area (TPSA) is 20.2 Å². The van der Waals surface area contributed by atoms with E-state index >= 15 is 0 Å². The molecule has 0 aromatic heterocycles. The number of hydrogen-bond acceptors (Lipinski definition) is 1. The van der Waals surface area contributed by atoms with Crippen LogP contribution in [0.25, 0.3) is 0 Å². The first-order valence-corrected chi connectivity index (χ1v) is 2.95. The molecular weight excluding hydrogens is 255 g/mol. The summed E-state index contributed by atoms with van der Waals surface area (Å²) >= 11 is 1.07. The summed E-state index contributed by atoms with van der Waals surface area (Å²) < 4.78 is -0.0556. The molecule has 4 heteroatoms. The van der Waals surface area contributed by atoms with Crippen LogP contribution in [0.5, 0.6) is 0 Å². The summed E-state index contributed by atoms with van der Waals surface area (Å²) in [5.74, 6) is 0. The molecule has 0 rings (SSSR count). The van der Waals surface area contributed by atoms with E-state index in [0.29, 0.717) is 0 Å². The molecule has 0 aromatic carbocycles. The van der Waals surface area contributed by atoms with Crippen LogP contribution in [0.4, 0.5) is 0 Å². The summed E-state index contributed by atoms with van der Waals surface area (Å²) in [6.07, 6.45) is 0. The second-order valence-electron chi connectivity index (χ2n) is 0.632. The van der Waals surface area contributed by atoms with Crippen molar-refractivity contribution in [3.8, 4) is 0 Å². The Labute approximate surface area is 73.1 Å². The second kappa shape index (κ2) is 9.95. The molecular formula is C2H9AlLiOTa. The molecule has 0 fully saturated rings. The molecule has 0 amide bonds. The van der Waals surface area contributed by atoms with Crippen LogP contribution in [0.15, 0.2) is 0 Å². The Hall–Kier alpha value is 1.83. The zero-order valence-electron chi connectivity index (χ0n) is 2.47. The third-order valence-electron chi connectivity index (χ3n) is 0. The zero-order valence-corrected chi connectivity index (χ0v) is 5.69. The molecule has 1 unspecified atom stereocenters. The first-order chi connectivity index (χ1) is 1.73. The van der Waals surface area contributed by atoms with E-state index in [1.807, 2.05) is 0 Å². The van der Waals surface area contributed by atoms with Gasteiger partial charge in [0.1, 0.15) is 0 Å². The average Bonchev–Trinajstić information content (AvgIpc) is 0.811. The molecule has 0 aliphatic rings. The van der Waals surface area contributed by atoms with Crippen LogP contribution in [0, 0.1) is 0 Å². The van der Waals surface area contributed by atoms with E-state index in [0.717, 1.165) is 21.1 Å². The van der Waals surface area contributed by atoms with Gasteiger partial charge < -0.3 is 0 Å². The molecule has 1 N–H and O–H groups in total. The second-order valence-corrected chi connectivity index (χ2v) is 3.32. The van der Waals surface area contributed by atoms with Crippen molar-refractivity contribution in [2.75, 3.05) is 0 Å². The fourth-order valence-electron chi connectivity index (χ4n) is 0. The van der Waals surface area contributed by atoms with E-state index in [2.05, 4.69) is 0 Å². The van der Waals surface area contributed by atoms with Crippen LogP contribution in [-0.2, 0) is 21.1 Å². The Kier molecular flexibility index (Phi) is 26.0. The Balaban J connectivity index is -0.0000000450. The van der Waals surface area contributed by atoms with E-state index in [1.165, 1.54) is 0 Å². The monoisotopic (exact) mass is 264 g/mol. The van der Waals surface area contributed by atoms with Gasteiger partial charge in [0.15, 0.2) is 17.4 Å². The molecule has 1 nitrogen and oxygen atoms in total. The van der Waals surface area contributed by atoms with Crippen LogP contribution >= 0.6 is 0 Å². The van der Waals surface area contributed by atoms with Gasteiger partial charge in [0.25, 0.3) is 0 Å². The van der Waals surface area contributed by atoms with Crippen LogP contribution in [0.2, 0.25) is 0 Å². The van der Waals surface area contributed by atoms with Crippen LogP contribution in [-0.4, -0.2) is 45.7 Å². The van der Waals surface area contributed by atoms with Crippen molar-refractivity contribution in [3.05, 3.63) is 0 Å². The van der Waals surface area contributed by atoms with E-state index < -0.39 is 0 Å². The van der Waals surface area contributed by atoms with Gasteiger partial charge in [0.05, 0.1) is 0 Å². The fraction of sp³-hybridized carbons (Fsp3) is 1.00. The van der Waals surface area contributed by atoms with Gasteiger partial charge in [-0.3, -0.25) is 0 Å². The van der Waals surface area contributed by atoms with Gasteiger partial charge in [-0.1, -0.05) is 0 Å². The molecule has 0 bridgehead atoms. The van der Waals surface area contributed by atoms with Crippen molar-refractivity contribution in [1.29, 1.82) is 0 Å². The van der Waals surface area contributed by atoms with E-state index in [1.54, 1.807) is 6.92 Å². The molecule has 0 saturated carbocycles. The van der Waals surface area contributed by atoms with Gasteiger partial charge in [0, 0.05) is 0 Å². The molecule has 0 heterocycles. The molecule has 0 aliphatic carbocycles. The molecule has 6 heavy (non-hydrogen) atoms. The van der Waals surface area contributed by atoms with E-state index in [9.17, 15) is 0 Å². The van der Waals surface area contributed by atoms with Crippen molar-refractivity contribution in [1.82, 2.24) is 0 Å². The zero-order chi connectivity index (χ0) is 3.58. The van der Waals surface area contributed by atoms with E-state index in [-0.39, 0.29) is 40.5 Å². The Morgan fingerprint density at radius 1 is 1.67 bits per heavy atom. The Morgan fingerprint density at radius 2 is 1.67 bits per heavy atom.